The van der Waals surface area contributed by atoms with Crippen LogP contribution in [0, 0.1) is 0 Å². The number of likely N-dealkylation sites (tertiary alicyclic amines) is 1. The smallest absolute Gasteiger partial charge is 0.166 e. The van der Waals surface area contributed by atoms with E-state index in [2.05, 4.69) is 94.9 Å². The summed E-state index contributed by atoms with van der Waals surface area (Å²) in [7, 11) is 0. The Balaban J connectivity index is 1.22. The first-order valence-electron chi connectivity index (χ1n) is 18.6. The molecule has 2 aliphatic heterocycles. The monoisotopic (exact) mass is 738 g/mol. The van der Waals surface area contributed by atoms with E-state index in [-0.39, 0.29) is 12.1 Å². The van der Waals surface area contributed by atoms with Crippen LogP contribution in [0.15, 0.2) is 128 Å². The van der Waals surface area contributed by atoms with Gasteiger partial charge in [-0.3, -0.25) is 4.90 Å². The number of rotatable bonds is 10. The van der Waals surface area contributed by atoms with Crippen molar-refractivity contribution < 1.29 is 14.2 Å². The van der Waals surface area contributed by atoms with Gasteiger partial charge >= 0.3 is 0 Å². The molecule has 3 heterocycles. The summed E-state index contributed by atoms with van der Waals surface area (Å²) in [5, 5.41) is 2.70. The van der Waals surface area contributed by atoms with Crippen LogP contribution in [0.1, 0.15) is 51.6 Å². The van der Waals surface area contributed by atoms with Gasteiger partial charge in [0, 0.05) is 58.6 Å². The van der Waals surface area contributed by atoms with E-state index in [9.17, 15) is 0 Å². The summed E-state index contributed by atoms with van der Waals surface area (Å²) in [4.78, 5) is 2.59. The normalized spacial score (nSPS) is 23.7. The Labute approximate surface area is 320 Å². The Hall–Kier alpha value is -4.52. The molecule has 10 rings (SSSR count). The summed E-state index contributed by atoms with van der Waals surface area (Å²) in [6, 6.07) is 39.8. The van der Waals surface area contributed by atoms with Crippen molar-refractivity contribution in [2.75, 3.05) is 13.1 Å². The van der Waals surface area contributed by atoms with Gasteiger partial charge in [-0.05, 0) is 64.9 Å². The molecule has 1 fully saturated rings. The number of nitrogens with zero attached hydrogens (tertiary/aromatic N) is 2. The number of ether oxygens (including phenoxy) is 3. The summed E-state index contributed by atoms with van der Waals surface area (Å²) in [5.41, 5.74) is 8.26. The van der Waals surface area contributed by atoms with E-state index in [1.54, 1.807) is 0 Å². The third-order valence-corrected chi connectivity index (χ3v) is 13.2. The van der Waals surface area contributed by atoms with Crippen LogP contribution in [0.2, 0.25) is 10.0 Å². The van der Waals surface area contributed by atoms with Crippen LogP contribution in [0.25, 0.3) is 10.9 Å². The highest BCUT2D eigenvalue weighted by Gasteiger charge is 2.74. The van der Waals surface area contributed by atoms with Crippen LogP contribution in [0.5, 0.6) is 11.5 Å². The van der Waals surface area contributed by atoms with Crippen molar-refractivity contribution in [1.29, 1.82) is 0 Å². The van der Waals surface area contributed by atoms with Crippen molar-refractivity contribution in [2.45, 2.75) is 62.2 Å². The number of benzene rings is 5. The van der Waals surface area contributed by atoms with E-state index in [0.29, 0.717) is 19.8 Å². The third-order valence-electron chi connectivity index (χ3n) is 12.4. The van der Waals surface area contributed by atoms with E-state index in [1.807, 2.05) is 42.5 Å². The maximum Gasteiger partial charge on any atom is 0.166 e. The van der Waals surface area contributed by atoms with Gasteiger partial charge in [0.05, 0.1) is 17.7 Å². The van der Waals surface area contributed by atoms with Gasteiger partial charge in [-0.2, -0.15) is 0 Å². The molecular formula is C46H40Cl2N2O3. The van der Waals surface area contributed by atoms with Crippen molar-refractivity contribution >= 4 is 34.1 Å². The summed E-state index contributed by atoms with van der Waals surface area (Å²) < 4.78 is 24.3. The topological polar surface area (TPSA) is 35.9 Å². The first kappa shape index (κ1) is 33.1. The molecule has 5 aromatic carbocycles. The fourth-order valence-electron chi connectivity index (χ4n) is 10.2. The highest BCUT2D eigenvalue weighted by Crippen LogP contribution is 2.70. The number of para-hydroxylation sites is 1. The zero-order valence-corrected chi connectivity index (χ0v) is 31.0. The van der Waals surface area contributed by atoms with Crippen LogP contribution in [0.3, 0.4) is 0 Å². The van der Waals surface area contributed by atoms with Crippen molar-refractivity contribution in [1.82, 2.24) is 9.47 Å². The Bertz CT molecular complexity index is 2390. The predicted molar refractivity (Wildman–Crippen MR) is 211 cm³/mol. The second kappa shape index (κ2) is 12.8. The van der Waals surface area contributed by atoms with Crippen molar-refractivity contribution in [3.05, 3.63) is 177 Å². The lowest BCUT2D eigenvalue weighted by molar-refractivity contribution is -0.209. The van der Waals surface area contributed by atoms with Gasteiger partial charge in [0.25, 0.3) is 0 Å². The highest BCUT2D eigenvalue weighted by molar-refractivity contribution is 6.31. The Morgan fingerprint density at radius 2 is 1.57 bits per heavy atom. The average molecular weight is 740 g/mol. The second-order valence-corrected chi connectivity index (χ2v) is 15.7. The molecule has 2 aliphatic carbocycles. The lowest BCUT2D eigenvalue weighted by Crippen LogP contribution is -2.75. The highest BCUT2D eigenvalue weighted by atomic mass is 35.5. The molecule has 0 radical (unpaired) electrons. The Morgan fingerprint density at radius 3 is 2.36 bits per heavy atom. The molecule has 1 aromatic heterocycles. The molecule has 0 amide bonds. The second-order valence-electron chi connectivity index (χ2n) is 14.9. The Kier molecular flexibility index (Phi) is 8.00. The molecular weight excluding hydrogens is 699 g/mol. The zero-order chi connectivity index (χ0) is 35.7. The van der Waals surface area contributed by atoms with E-state index in [4.69, 9.17) is 37.4 Å². The number of halogens is 2. The fraction of sp³-hybridized carbons (Fsp3) is 0.261. The van der Waals surface area contributed by atoms with Gasteiger partial charge in [-0.1, -0.05) is 120 Å². The molecule has 4 atom stereocenters. The SMILES string of the molecule is C=CCN1CC[C@]23c4c5ccc(OCc6ccccc6)c4O[C@H]2c2c(c4ccccc4n2Cc2ccccc2Cl)C[C@@]3(OCc2ccccc2Cl)[C@@H]1C5. The van der Waals surface area contributed by atoms with Crippen molar-refractivity contribution in [2.24, 2.45) is 0 Å². The van der Waals surface area contributed by atoms with Crippen molar-refractivity contribution in [3.8, 4) is 11.5 Å². The minimum absolute atomic E-state index is 0.0798. The summed E-state index contributed by atoms with van der Waals surface area (Å²) in [5.74, 6) is 1.63. The van der Waals surface area contributed by atoms with E-state index in [1.165, 1.54) is 33.3 Å². The van der Waals surface area contributed by atoms with Gasteiger partial charge < -0.3 is 18.8 Å². The first-order valence-corrected chi connectivity index (χ1v) is 19.3. The van der Waals surface area contributed by atoms with Crippen LogP contribution in [0.4, 0.5) is 0 Å². The van der Waals surface area contributed by atoms with Crippen molar-refractivity contribution in [3.63, 3.8) is 0 Å². The summed E-state index contributed by atoms with van der Waals surface area (Å²) >= 11 is 13.7. The average Bonchev–Trinajstić information content (AvgIpc) is 3.69. The minimum Gasteiger partial charge on any atom is -0.485 e. The molecule has 1 spiro atoms. The van der Waals surface area contributed by atoms with Gasteiger partial charge in [0.2, 0.25) is 0 Å². The number of hydrogen-bond donors (Lipinski definition) is 0. The van der Waals surface area contributed by atoms with Gasteiger partial charge in [0.15, 0.2) is 17.6 Å². The summed E-state index contributed by atoms with van der Waals surface area (Å²) in [6.45, 7) is 7.36. The predicted octanol–water partition coefficient (Wildman–Crippen LogP) is 10.3. The zero-order valence-electron chi connectivity index (χ0n) is 29.4. The fourth-order valence-corrected chi connectivity index (χ4v) is 10.6. The number of fused-ring (bicyclic) bond motifs is 4. The lowest BCUT2D eigenvalue weighted by Gasteiger charge is -2.64. The quantitative estimate of drug-likeness (QED) is 0.131. The molecule has 6 aromatic rings. The van der Waals surface area contributed by atoms with E-state index >= 15 is 0 Å². The van der Waals surface area contributed by atoms with Crippen LogP contribution >= 0.6 is 23.2 Å². The van der Waals surface area contributed by atoms with Gasteiger partial charge in [-0.15, -0.1) is 6.58 Å². The maximum atomic E-state index is 7.65. The van der Waals surface area contributed by atoms with Gasteiger partial charge in [-0.25, -0.2) is 0 Å². The molecule has 0 N–H and O–H groups in total. The molecule has 53 heavy (non-hydrogen) atoms. The molecule has 1 saturated heterocycles. The third kappa shape index (κ3) is 4.91. The molecule has 5 nitrogen and oxygen atoms in total. The molecule has 4 aliphatic rings. The maximum absolute atomic E-state index is 7.65. The largest absolute Gasteiger partial charge is 0.485 e. The number of piperidine rings is 1. The first-order chi connectivity index (χ1) is 26.0. The molecule has 7 heteroatoms. The number of hydrogen-bond acceptors (Lipinski definition) is 4. The number of aromatic nitrogens is 1. The molecule has 266 valence electrons. The van der Waals surface area contributed by atoms with Crippen LogP contribution < -0.4 is 9.47 Å². The van der Waals surface area contributed by atoms with Crippen LogP contribution in [-0.4, -0.2) is 34.2 Å². The Morgan fingerprint density at radius 1 is 0.830 bits per heavy atom. The minimum atomic E-state index is -0.638. The van der Waals surface area contributed by atoms with Crippen LogP contribution in [-0.2, 0) is 42.8 Å². The standard InChI is InChI=1S/C46H40Cl2N2O3/c1-2-23-49-24-22-45-41-31-20-21-39(51-28-30-12-4-3-5-13-30)43(41)53-44(45)42-35(26-46(45,40(49)25-31)52-29-33-15-7-10-18-37(33)48)34-16-8-11-19-38(34)50(42)27-32-14-6-9-17-36(32)47/h2-21,40,44H,1,22-29H2/t40-,44-,45-,46+/m0/s1. The molecule has 2 bridgehead atoms. The lowest BCUT2D eigenvalue weighted by atomic mass is 9.48. The molecule has 0 unspecified atom stereocenters. The van der Waals surface area contributed by atoms with Gasteiger partial charge in [0.1, 0.15) is 12.2 Å². The van der Waals surface area contributed by atoms with E-state index < -0.39 is 11.0 Å². The summed E-state index contributed by atoms with van der Waals surface area (Å²) in [6.07, 6.45) is 4.14. The molecule has 0 saturated carbocycles. The van der Waals surface area contributed by atoms with E-state index in [0.717, 1.165) is 70.6 Å².